The van der Waals surface area contributed by atoms with E-state index in [0.717, 1.165) is 6.92 Å². The molecule has 0 saturated heterocycles. The van der Waals surface area contributed by atoms with Crippen molar-refractivity contribution in [3.63, 3.8) is 0 Å². The number of aliphatic hydroxyl groups is 1. The highest BCUT2D eigenvalue weighted by atomic mass is 31.2. The first-order valence-electron chi connectivity index (χ1n) is 2.94. The lowest BCUT2D eigenvalue weighted by molar-refractivity contribution is -0.331. The molecule has 0 aliphatic heterocycles. The summed E-state index contributed by atoms with van der Waals surface area (Å²) in [6.07, 6.45) is 0. The molecule has 1 unspecified atom stereocenters. The molecule has 0 bridgehead atoms. The van der Waals surface area contributed by atoms with Gasteiger partial charge in [-0.3, -0.25) is 0 Å². The second-order valence-electron chi connectivity index (χ2n) is 2.75. The molecular weight excluding hydrogens is 155 g/mol. The zero-order valence-corrected chi connectivity index (χ0v) is 7.09. The van der Waals surface area contributed by atoms with Crippen LogP contribution >= 0.6 is 7.60 Å². The molecule has 0 heterocycles. The predicted molar refractivity (Wildman–Crippen MR) is 33.1 cm³/mol. The van der Waals surface area contributed by atoms with Gasteiger partial charge in [0, 0.05) is 0 Å². The van der Waals surface area contributed by atoms with Crippen molar-refractivity contribution in [3.05, 3.63) is 0 Å². The maximum Gasteiger partial charge on any atom is 0.0906 e. The van der Waals surface area contributed by atoms with Crippen LogP contribution in [0.1, 0.15) is 20.8 Å². The minimum atomic E-state index is -4.87. The van der Waals surface area contributed by atoms with Crippen LogP contribution in [-0.2, 0) is 4.57 Å². The zero-order chi connectivity index (χ0) is 8.58. The van der Waals surface area contributed by atoms with Gasteiger partial charge in [0.05, 0.1) is 5.34 Å². The van der Waals surface area contributed by atoms with E-state index in [-0.39, 0.29) is 0 Å². The van der Waals surface area contributed by atoms with Gasteiger partial charge in [-0.2, -0.15) is 0 Å². The van der Waals surface area contributed by atoms with Gasteiger partial charge in [0.15, 0.2) is 0 Å². The number of rotatable bonds is 2. The van der Waals surface area contributed by atoms with Crippen molar-refractivity contribution in [1.82, 2.24) is 0 Å². The Hall–Kier alpha value is 0.110. The lowest BCUT2D eigenvalue weighted by atomic mass is 10.1. The molecule has 0 aromatic carbocycles. The van der Waals surface area contributed by atoms with Gasteiger partial charge in [0.1, 0.15) is 0 Å². The standard InChI is InChI=1S/C5H13O4P/c1-4(2)5(3,6)10(7,8)9/h4,6H,1-3H3,(H2,7,8,9)/p-2. The molecule has 1 atom stereocenters. The zero-order valence-electron chi connectivity index (χ0n) is 6.20. The average molecular weight is 166 g/mol. The second-order valence-corrected chi connectivity index (χ2v) is 4.65. The van der Waals surface area contributed by atoms with E-state index in [2.05, 4.69) is 0 Å². The van der Waals surface area contributed by atoms with Gasteiger partial charge < -0.3 is 19.5 Å². The summed E-state index contributed by atoms with van der Waals surface area (Å²) in [5.74, 6) is -0.576. The van der Waals surface area contributed by atoms with E-state index in [1.807, 2.05) is 0 Å². The Morgan fingerprint density at radius 1 is 1.50 bits per heavy atom. The first-order valence-corrected chi connectivity index (χ1v) is 4.48. The van der Waals surface area contributed by atoms with E-state index in [0.29, 0.717) is 0 Å². The van der Waals surface area contributed by atoms with Crippen molar-refractivity contribution in [2.75, 3.05) is 0 Å². The van der Waals surface area contributed by atoms with Crippen molar-refractivity contribution >= 4 is 7.60 Å². The van der Waals surface area contributed by atoms with Gasteiger partial charge in [-0.15, -0.1) is 0 Å². The maximum absolute atomic E-state index is 10.3. The number of hydrogen-bond donors (Lipinski definition) is 1. The summed E-state index contributed by atoms with van der Waals surface area (Å²) in [5.41, 5.74) is 0. The van der Waals surface area contributed by atoms with Gasteiger partial charge in [-0.1, -0.05) is 13.8 Å². The molecule has 0 aromatic rings. The molecule has 62 valence electrons. The quantitative estimate of drug-likeness (QED) is 0.548. The first kappa shape index (κ1) is 10.1. The van der Waals surface area contributed by atoms with Gasteiger partial charge in [0.25, 0.3) is 0 Å². The number of hydrogen-bond acceptors (Lipinski definition) is 4. The van der Waals surface area contributed by atoms with Gasteiger partial charge in [-0.05, 0) is 20.4 Å². The van der Waals surface area contributed by atoms with Gasteiger partial charge in [0.2, 0.25) is 0 Å². The summed E-state index contributed by atoms with van der Waals surface area (Å²) in [6, 6.07) is 0. The minimum Gasteiger partial charge on any atom is -0.809 e. The molecule has 4 nitrogen and oxygen atoms in total. The summed E-state index contributed by atoms with van der Waals surface area (Å²) < 4.78 is 10.3. The predicted octanol–water partition coefficient (Wildman–Crippen LogP) is -0.735. The molecule has 0 saturated carbocycles. The molecule has 0 spiro atoms. The fraction of sp³-hybridized carbons (Fsp3) is 1.00. The van der Waals surface area contributed by atoms with Crippen LogP contribution in [0.15, 0.2) is 0 Å². The smallest absolute Gasteiger partial charge is 0.0906 e. The van der Waals surface area contributed by atoms with E-state index in [9.17, 15) is 14.4 Å². The van der Waals surface area contributed by atoms with E-state index in [1.54, 1.807) is 0 Å². The molecule has 0 radical (unpaired) electrons. The Balaban J connectivity index is 4.58. The van der Waals surface area contributed by atoms with Crippen LogP contribution in [0.25, 0.3) is 0 Å². The molecule has 0 rings (SSSR count). The van der Waals surface area contributed by atoms with E-state index in [4.69, 9.17) is 5.11 Å². The van der Waals surface area contributed by atoms with Crippen LogP contribution in [0.2, 0.25) is 0 Å². The van der Waals surface area contributed by atoms with E-state index in [1.165, 1.54) is 13.8 Å². The Bertz CT molecular complexity index is 157. The largest absolute Gasteiger partial charge is 0.809 e. The maximum atomic E-state index is 10.3. The average Bonchev–Trinajstić information content (AvgIpc) is 1.62. The fourth-order valence-corrected chi connectivity index (χ4v) is 0.949. The highest BCUT2D eigenvalue weighted by molar-refractivity contribution is 7.50. The Labute approximate surface area is 60.0 Å². The topological polar surface area (TPSA) is 83.4 Å². The Morgan fingerprint density at radius 2 is 1.80 bits per heavy atom. The lowest BCUT2D eigenvalue weighted by Gasteiger charge is -2.46. The molecule has 0 fully saturated rings. The summed E-state index contributed by atoms with van der Waals surface area (Å²) in [4.78, 5) is 20.6. The fourth-order valence-electron chi connectivity index (χ4n) is 0.316. The van der Waals surface area contributed by atoms with Gasteiger partial charge >= 0.3 is 0 Å². The molecular formula is C5H11O4P-2. The Kier molecular flexibility index (Phi) is 2.65. The SMILES string of the molecule is CC(C)C(C)(O)P(=O)([O-])[O-]. The van der Waals surface area contributed by atoms with E-state index >= 15 is 0 Å². The second kappa shape index (κ2) is 2.62. The highest BCUT2D eigenvalue weighted by Gasteiger charge is 2.28. The summed E-state index contributed by atoms with van der Waals surface area (Å²) in [5, 5.41) is 6.92. The lowest BCUT2D eigenvalue weighted by Crippen LogP contribution is -2.40. The highest BCUT2D eigenvalue weighted by Crippen LogP contribution is 2.44. The molecule has 0 amide bonds. The minimum absolute atomic E-state index is 0.576. The van der Waals surface area contributed by atoms with Crippen molar-refractivity contribution in [1.29, 1.82) is 0 Å². The van der Waals surface area contributed by atoms with Crippen molar-refractivity contribution in [3.8, 4) is 0 Å². The molecule has 0 aromatic heterocycles. The molecule has 1 N–H and O–H groups in total. The van der Waals surface area contributed by atoms with E-state index < -0.39 is 18.9 Å². The van der Waals surface area contributed by atoms with Crippen molar-refractivity contribution in [2.24, 2.45) is 5.92 Å². The third-order valence-corrected chi connectivity index (χ3v) is 3.27. The van der Waals surface area contributed by atoms with Crippen LogP contribution in [0.4, 0.5) is 0 Å². The summed E-state index contributed by atoms with van der Waals surface area (Å²) in [6.45, 7) is 3.96. The Morgan fingerprint density at radius 3 is 1.80 bits per heavy atom. The van der Waals surface area contributed by atoms with Crippen LogP contribution in [-0.4, -0.2) is 10.4 Å². The molecule has 0 aliphatic carbocycles. The molecule has 10 heavy (non-hydrogen) atoms. The monoisotopic (exact) mass is 166 g/mol. The first-order chi connectivity index (χ1) is 4.19. The van der Waals surface area contributed by atoms with Crippen LogP contribution in [0.5, 0.6) is 0 Å². The summed E-state index contributed by atoms with van der Waals surface area (Å²) >= 11 is 0. The van der Waals surface area contributed by atoms with Crippen LogP contribution in [0, 0.1) is 5.92 Å². The van der Waals surface area contributed by atoms with Crippen LogP contribution < -0.4 is 9.79 Å². The van der Waals surface area contributed by atoms with Crippen molar-refractivity contribution in [2.45, 2.75) is 26.1 Å². The summed E-state index contributed by atoms with van der Waals surface area (Å²) in [7, 11) is -4.87. The van der Waals surface area contributed by atoms with Crippen molar-refractivity contribution < 1.29 is 19.5 Å². The van der Waals surface area contributed by atoms with Gasteiger partial charge in [-0.25, -0.2) is 0 Å². The van der Waals surface area contributed by atoms with Crippen LogP contribution in [0.3, 0.4) is 0 Å². The third-order valence-electron chi connectivity index (χ3n) is 1.65. The normalized spacial score (nSPS) is 19.1. The molecule has 5 heteroatoms. The molecule has 0 aliphatic rings. The third kappa shape index (κ3) is 1.80.